The highest BCUT2D eigenvalue weighted by molar-refractivity contribution is 7.91. The summed E-state index contributed by atoms with van der Waals surface area (Å²) < 4.78 is 32.7. The zero-order valence-electron chi connectivity index (χ0n) is 11.8. The number of nitrogens with zero attached hydrogens (tertiary/aromatic N) is 2. The third-order valence-electron chi connectivity index (χ3n) is 3.55. The van der Waals surface area contributed by atoms with Crippen LogP contribution in [0.4, 0.5) is 0 Å². The third kappa shape index (κ3) is 3.33. The van der Waals surface area contributed by atoms with Crippen molar-refractivity contribution in [1.82, 2.24) is 9.29 Å². The van der Waals surface area contributed by atoms with Crippen LogP contribution in [0.2, 0.25) is 4.47 Å². The summed E-state index contributed by atoms with van der Waals surface area (Å²) in [4.78, 5) is 4.01. The van der Waals surface area contributed by atoms with E-state index in [1.807, 2.05) is 6.92 Å². The molecule has 0 amide bonds. The topological polar surface area (TPSA) is 59.5 Å². The van der Waals surface area contributed by atoms with E-state index in [0.29, 0.717) is 24.8 Å². The fourth-order valence-corrected chi connectivity index (χ4v) is 5.76. The van der Waals surface area contributed by atoms with Crippen molar-refractivity contribution in [3.05, 3.63) is 10.2 Å². The van der Waals surface area contributed by atoms with Crippen LogP contribution in [0.5, 0.6) is 0 Å². The Morgan fingerprint density at radius 1 is 1.55 bits per heavy atom. The molecule has 0 aromatic carbocycles. The van der Waals surface area contributed by atoms with Crippen molar-refractivity contribution in [1.29, 1.82) is 0 Å². The van der Waals surface area contributed by atoms with E-state index in [-0.39, 0.29) is 14.7 Å². The van der Waals surface area contributed by atoms with Gasteiger partial charge in [-0.3, -0.25) is 0 Å². The standard InChI is InChI=1S/C12H19ClN2O3S2/c1-8-11(19-12(13)14-8)20(16,17)15(6-7-18-3)9(2)10-4-5-10/h9-10H,4-7H2,1-3H3. The van der Waals surface area contributed by atoms with Gasteiger partial charge in [-0.15, -0.1) is 0 Å². The van der Waals surface area contributed by atoms with E-state index in [4.69, 9.17) is 16.3 Å². The monoisotopic (exact) mass is 338 g/mol. The number of aryl methyl sites for hydroxylation is 1. The summed E-state index contributed by atoms with van der Waals surface area (Å²) in [6.07, 6.45) is 2.17. The van der Waals surface area contributed by atoms with Crippen molar-refractivity contribution in [2.75, 3.05) is 20.3 Å². The van der Waals surface area contributed by atoms with Crippen molar-refractivity contribution < 1.29 is 13.2 Å². The molecule has 0 bridgehead atoms. The van der Waals surface area contributed by atoms with Gasteiger partial charge in [0.05, 0.1) is 12.3 Å². The number of thiazole rings is 1. The zero-order chi connectivity index (χ0) is 14.9. The maximum atomic E-state index is 12.8. The van der Waals surface area contributed by atoms with Gasteiger partial charge in [-0.25, -0.2) is 13.4 Å². The Kier molecular flexibility index (Phi) is 5.07. The molecule has 20 heavy (non-hydrogen) atoms. The number of halogens is 1. The van der Waals surface area contributed by atoms with Crippen LogP contribution in [0.15, 0.2) is 4.21 Å². The summed E-state index contributed by atoms with van der Waals surface area (Å²) >= 11 is 6.85. The normalized spacial score (nSPS) is 17.6. The minimum absolute atomic E-state index is 0.0181. The minimum Gasteiger partial charge on any atom is -0.383 e. The molecule has 5 nitrogen and oxygen atoms in total. The summed E-state index contributed by atoms with van der Waals surface area (Å²) in [6, 6.07) is -0.0181. The second-order valence-corrected chi connectivity index (χ2v) is 8.69. The Labute approximate surface area is 129 Å². The predicted molar refractivity (Wildman–Crippen MR) is 79.8 cm³/mol. The zero-order valence-corrected chi connectivity index (χ0v) is 14.2. The Balaban J connectivity index is 2.32. The van der Waals surface area contributed by atoms with Crippen LogP contribution in [0.25, 0.3) is 0 Å². The van der Waals surface area contributed by atoms with E-state index in [1.165, 1.54) is 4.31 Å². The molecule has 1 aromatic rings. The SMILES string of the molecule is COCCN(C(C)C1CC1)S(=O)(=O)c1sc(Cl)nc1C. The number of hydrogen-bond acceptors (Lipinski definition) is 5. The summed E-state index contributed by atoms with van der Waals surface area (Å²) in [5.41, 5.74) is 0.463. The quantitative estimate of drug-likeness (QED) is 0.766. The van der Waals surface area contributed by atoms with E-state index < -0.39 is 10.0 Å². The number of hydrogen-bond donors (Lipinski definition) is 0. The highest BCUT2D eigenvalue weighted by atomic mass is 35.5. The van der Waals surface area contributed by atoms with Gasteiger partial charge in [0.25, 0.3) is 10.0 Å². The molecule has 114 valence electrons. The third-order valence-corrected chi connectivity index (χ3v) is 7.38. The van der Waals surface area contributed by atoms with E-state index >= 15 is 0 Å². The van der Waals surface area contributed by atoms with Gasteiger partial charge in [0.2, 0.25) is 0 Å². The number of rotatable bonds is 7. The van der Waals surface area contributed by atoms with Crippen molar-refractivity contribution in [3.8, 4) is 0 Å². The van der Waals surface area contributed by atoms with E-state index in [0.717, 1.165) is 24.2 Å². The molecule has 0 spiro atoms. The Hall–Kier alpha value is -0.210. The number of sulfonamides is 1. The van der Waals surface area contributed by atoms with E-state index in [2.05, 4.69) is 4.98 Å². The lowest BCUT2D eigenvalue weighted by Gasteiger charge is -2.27. The molecule has 8 heteroatoms. The molecule has 1 aliphatic carbocycles. The molecule has 1 unspecified atom stereocenters. The summed E-state index contributed by atoms with van der Waals surface area (Å²) in [5, 5.41) is 0. The Bertz CT molecular complexity index is 569. The lowest BCUT2D eigenvalue weighted by atomic mass is 10.2. The van der Waals surface area contributed by atoms with Crippen LogP contribution in [0.1, 0.15) is 25.5 Å². The van der Waals surface area contributed by atoms with Gasteiger partial charge in [-0.2, -0.15) is 4.31 Å². The molecule has 0 saturated heterocycles. The number of methoxy groups -OCH3 is 1. The van der Waals surface area contributed by atoms with Crippen LogP contribution in [0, 0.1) is 12.8 Å². The second-order valence-electron chi connectivity index (χ2n) is 5.03. The summed E-state index contributed by atoms with van der Waals surface area (Å²) in [7, 11) is -1.99. The molecule has 0 aliphatic heterocycles. The molecule has 1 fully saturated rings. The maximum absolute atomic E-state index is 12.8. The van der Waals surface area contributed by atoms with Crippen LogP contribution in [-0.4, -0.2) is 44.0 Å². The molecule has 1 atom stereocenters. The first kappa shape index (κ1) is 16.2. The average Bonchev–Trinajstić information content (AvgIpc) is 3.15. The molecular formula is C12H19ClN2O3S2. The molecule has 1 heterocycles. The average molecular weight is 339 g/mol. The van der Waals surface area contributed by atoms with Crippen LogP contribution in [-0.2, 0) is 14.8 Å². The van der Waals surface area contributed by atoms with Gasteiger partial charge in [0, 0.05) is 19.7 Å². The van der Waals surface area contributed by atoms with Gasteiger partial charge < -0.3 is 4.74 Å². The van der Waals surface area contributed by atoms with Gasteiger partial charge >= 0.3 is 0 Å². The number of ether oxygens (including phenoxy) is 1. The van der Waals surface area contributed by atoms with Gasteiger partial charge in [0.1, 0.15) is 0 Å². The highest BCUT2D eigenvalue weighted by Gasteiger charge is 2.39. The molecular weight excluding hydrogens is 320 g/mol. The van der Waals surface area contributed by atoms with Crippen molar-refractivity contribution >= 4 is 33.0 Å². The van der Waals surface area contributed by atoms with Crippen molar-refractivity contribution in [2.45, 2.75) is 36.9 Å². The van der Waals surface area contributed by atoms with Gasteiger partial charge in [-0.1, -0.05) is 22.9 Å². The molecule has 1 saturated carbocycles. The van der Waals surface area contributed by atoms with E-state index in [1.54, 1.807) is 14.0 Å². The van der Waals surface area contributed by atoms with Gasteiger partial charge in [-0.05, 0) is 32.6 Å². The molecule has 1 aromatic heterocycles. The van der Waals surface area contributed by atoms with Crippen LogP contribution < -0.4 is 0 Å². The summed E-state index contributed by atoms with van der Waals surface area (Å²) in [5.74, 6) is 0.449. The predicted octanol–water partition coefficient (Wildman–Crippen LogP) is 2.54. The second kappa shape index (κ2) is 6.27. The number of aromatic nitrogens is 1. The van der Waals surface area contributed by atoms with Crippen molar-refractivity contribution in [3.63, 3.8) is 0 Å². The fourth-order valence-electron chi connectivity index (χ4n) is 2.23. The fraction of sp³-hybridized carbons (Fsp3) is 0.750. The lowest BCUT2D eigenvalue weighted by Crippen LogP contribution is -2.41. The molecule has 2 rings (SSSR count). The van der Waals surface area contributed by atoms with Crippen molar-refractivity contribution in [2.24, 2.45) is 5.92 Å². The van der Waals surface area contributed by atoms with Crippen LogP contribution in [0.3, 0.4) is 0 Å². The minimum atomic E-state index is -3.56. The van der Waals surface area contributed by atoms with Gasteiger partial charge in [0.15, 0.2) is 8.68 Å². The molecule has 0 radical (unpaired) electrons. The molecule has 1 aliphatic rings. The lowest BCUT2D eigenvalue weighted by molar-refractivity contribution is 0.164. The largest absolute Gasteiger partial charge is 0.383 e. The molecule has 0 N–H and O–H groups in total. The Morgan fingerprint density at radius 2 is 2.20 bits per heavy atom. The summed E-state index contributed by atoms with van der Waals surface area (Å²) in [6.45, 7) is 4.36. The maximum Gasteiger partial charge on any atom is 0.254 e. The first-order valence-electron chi connectivity index (χ1n) is 6.51. The van der Waals surface area contributed by atoms with Crippen LogP contribution >= 0.6 is 22.9 Å². The smallest absolute Gasteiger partial charge is 0.254 e. The first-order valence-corrected chi connectivity index (χ1v) is 9.15. The van der Waals surface area contributed by atoms with E-state index in [9.17, 15) is 8.42 Å². The highest BCUT2D eigenvalue weighted by Crippen LogP contribution is 2.38. The first-order chi connectivity index (χ1) is 9.37. The Morgan fingerprint density at radius 3 is 2.65 bits per heavy atom.